The van der Waals surface area contributed by atoms with Gasteiger partial charge in [0.05, 0.1) is 17.4 Å². The van der Waals surface area contributed by atoms with Crippen LogP contribution in [0.25, 0.3) is 0 Å². The molecule has 1 heterocycles. The molecule has 0 saturated heterocycles. The fraction of sp³-hybridized carbons (Fsp3) is 0.750. The third kappa shape index (κ3) is 6.05. The Labute approximate surface area is 345 Å². The van der Waals surface area contributed by atoms with E-state index in [2.05, 4.69) is 64.1 Å². The van der Waals surface area contributed by atoms with Crippen molar-refractivity contribution in [1.82, 2.24) is 15.6 Å². The summed E-state index contributed by atoms with van der Waals surface area (Å²) in [4.78, 5) is 71.6. The second-order valence-corrected chi connectivity index (χ2v) is 22.3. The number of carboxylic acid groups (broad SMARTS) is 1. The Kier molecular flexibility index (Phi) is 10.1. The number of hydrogen-bond acceptors (Lipinski definition) is 7. The van der Waals surface area contributed by atoms with Crippen molar-refractivity contribution in [2.75, 3.05) is 0 Å². The van der Waals surface area contributed by atoms with Crippen LogP contribution < -0.4 is 10.6 Å². The van der Waals surface area contributed by atoms with E-state index in [1.807, 2.05) is 26.8 Å². The van der Waals surface area contributed by atoms with Crippen LogP contribution in [-0.4, -0.2) is 56.8 Å². The Morgan fingerprint density at radius 1 is 0.879 bits per heavy atom. The molecular weight excluding hydrogens is 731 g/mol. The quantitative estimate of drug-likeness (QED) is 0.222. The van der Waals surface area contributed by atoms with E-state index in [0.29, 0.717) is 24.7 Å². The zero-order valence-corrected chi connectivity index (χ0v) is 37.2. The number of carbonyl (C=O) groups excluding carboxylic acids is 4. The molecule has 6 aliphatic rings. The van der Waals surface area contributed by atoms with Gasteiger partial charge in [0.15, 0.2) is 5.78 Å². The van der Waals surface area contributed by atoms with Crippen molar-refractivity contribution in [2.24, 2.45) is 62.6 Å². The molecule has 6 aliphatic carbocycles. The minimum atomic E-state index is -1.25. The third-order valence-electron chi connectivity index (χ3n) is 18.0. The van der Waals surface area contributed by atoms with E-state index in [1.54, 1.807) is 26.1 Å². The number of fused-ring (bicyclic) bond motifs is 7. The monoisotopic (exact) mass is 800 g/mol. The van der Waals surface area contributed by atoms with Crippen molar-refractivity contribution < 1.29 is 33.8 Å². The van der Waals surface area contributed by atoms with E-state index in [1.165, 1.54) is 0 Å². The number of ketones is 1. The molecule has 5 fully saturated rings. The van der Waals surface area contributed by atoms with Crippen LogP contribution in [-0.2, 0) is 23.9 Å². The van der Waals surface area contributed by atoms with E-state index < -0.39 is 40.2 Å². The van der Waals surface area contributed by atoms with E-state index in [-0.39, 0.29) is 69.4 Å². The minimum absolute atomic E-state index is 0.0153. The van der Waals surface area contributed by atoms with Crippen LogP contribution in [0.1, 0.15) is 156 Å². The first-order valence-electron chi connectivity index (χ1n) is 22.1. The van der Waals surface area contributed by atoms with Gasteiger partial charge >= 0.3 is 11.9 Å². The number of nitrogens with one attached hydrogen (secondary N) is 2. The predicted octanol–water partition coefficient (Wildman–Crippen LogP) is 8.41. The lowest BCUT2D eigenvalue weighted by Crippen LogP contribution is -2.68. The molecular formula is C48H69N3O7. The number of amides is 2. The second-order valence-electron chi connectivity index (χ2n) is 22.3. The van der Waals surface area contributed by atoms with Gasteiger partial charge in [-0.25, -0.2) is 0 Å². The summed E-state index contributed by atoms with van der Waals surface area (Å²) in [5.41, 5.74) is 0.00573. The van der Waals surface area contributed by atoms with E-state index in [0.717, 1.165) is 61.7 Å². The smallest absolute Gasteiger partial charge is 0.309 e. The van der Waals surface area contributed by atoms with Crippen LogP contribution in [0, 0.1) is 69.5 Å². The number of allylic oxidation sites excluding steroid dienone is 1. The average molecular weight is 800 g/mol. The van der Waals surface area contributed by atoms with Gasteiger partial charge in [-0.2, -0.15) is 0 Å². The van der Waals surface area contributed by atoms with Gasteiger partial charge in [0.25, 0.3) is 5.91 Å². The largest absolute Gasteiger partial charge is 0.481 e. The van der Waals surface area contributed by atoms with Gasteiger partial charge in [-0.3, -0.25) is 29.0 Å². The van der Waals surface area contributed by atoms with Crippen molar-refractivity contribution in [3.05, 3.63) is 40.7 Å². The zero-order chi connectivity index (χ0) is 42.8. The highest BCUT2D eigenvalue weighted by Gasteiger charge is 2.71. The van der Waals surface area contributed by atoms with Crippen LogP contribution in [0.4, 0.5) is 0 Å². The van der Waals surface area contributed by atoms with Gasteiger partial charge in [-0.1, -0.05) is 68.4 Å². The first-order chi connectivity index (χ1) is 26.8. The van der Waals surface area contributed by atoms with Crippen LogP contribution in [0.3, 0.4) is 0 Å². The number of carbonyl (C=O) groups is 5. The van der Waals surface area contributed by atoms with Crippen molar-refractivity contribution in [1.29, 1.82) is 0 Å². The number of ether oxygens (including phenoxy) is 1. The molecule has 1 aromatic rings. The van der Waals surface area contributed by atoms with Crippen LogP contribution in [0.2, 0.25) is 0 Å². The summed E-state index contributed by atoms with van der Waals surface area (Å²) < 4.78 is 6.41. The number of rotatable bonds is 8. The Hall–Kier alpha value is -3.56. The summed E-state index contributed by atoms with van der Waals surface area (Å²) >= 11 is 0. The predicted molar refractivity (Wildman–Crippen MR) is 221 cm³/mol. The number of carboxylic acids is 1. The standard InChI is InChI=1S/C48H69N3O7/c1-26(2)35-31(52)25-48(51-41(57)44(8,9)50-38(53)37-27(3)14-13-23-49-37)22-21-46(11)28(36(35)48)15-16-33-45(10)19-18-34(43(6,7)32(45)17-20-47(33,46)12)58-40(56)30-24-29(39(54)55)42(30,4)5/h13-14,23,26,28-30,32-34H,15-22,24-25H2,1-12H3,(H,50,53)(H,51,57)(H,54,55)/t28-,29+,30?,32+,33-,34+,45+,46-,47-,48-/m1/s1. The number of hydrogen-bond donors (Lipinski definition) is 3. The topological polar surface area (TPSA) is 152 Å². The van der Waals surface area contributed by atoms with Crippen molar-refractivity contribution >= 4 is 29.5 Å². The highest BCUT2D eigenvalue weighted by atomic mass is 16.5. The minimum Gasteiger partial charge on any atom is -0.481 e. The number of nitrogens with zero attached hydrogens (tertiary/aromatic N) is 1. The molecule has 7 rings (SSSR count). The molecule has 0 radical (unpaired) electrons. The lowest BCUT2D eigenvalue weighted by molar-refractivity contribution is -0.235. The summed E-state index contributed by atoms with van der Waals surface area (Å²) in [7, 11) is 0. The normalized spacial score (nSPS) is 38.7. The molecule has 0 aromatic carbocycles. The molecule has 0 aliphatic heterocycles. The van der Waals surface area contributed by atoms with Crippen molar-refractivity contribution in [3.8, 4) is 0 Å². The van der Waals surface area contributed by atoms with E-state index in [4.69, 9.17) is 4.74 Å². The number of aliphatic carboxylic acids is 1. The first-order valence-corrected chi connectivity index (χ1v) is 22.1. The van der Waals surface area contributed by atoms with Gasteiger partial charge in [0.1, 0.15) is 17.3 Å². The maximum atomic E-state index is 14.4. The molecule has 0 bridgehead atoms. The fourth-order valence-electron chi connectivity index (χ4n) is 14.4. The van der Waals surface area contributed by atoms with E-state index in [9.17, 15) is 29.1 Å². The highest BCUT2D eigenvalue weighted by Crippen LogP contribution is 2.76. The Balaban J connectivity index is 1.14. The highest BCUT2D eigenvalue weighted by molar-refractivity contribution is 6.03. The third-order valence-corrected chi connectivity index (χ3v) is 18.0. The second kappa shape index (κ2) is 13.7. The van der Waals surface area contributed by atoms with Gasteiger partial charge in [0, 0.05) is 18.0 Å². The maximum Gasteiger partial charge on any atom is 0.309 e. The SMILES string of the molecule is Cc1cccnc1C(=O)NC(C)(C)C(=O)N[C@@]12CC[C@]3(C)[C@H](CC[C@@H]4[C@@]5(C)CC[C@H](OC(=O)C6C[C@@H](C(=O)O)C6(C)C)C(C)(C)[C@@H]5CC[C@]43C)C1=C(C(C)C)C(=O)C2. The number of pyridine rings is 1. The number of Topliss-reactive ketones (excluding diaryl/α,β-unsaturated/α-hetero) is 1. The van der Waals surface area contributed by atoms with Gasteiger partial charge in [-0.15, -0.1) is 0 Å². The number of esters is 1. The van der Waals surface area contributed by atoms with Crippen LogP contribution in [0.5, 0.6) is 0 Å². The molecule has 5 saturated carbocycles. The van der Waals surface area contributed by atoms with Gasteiger partial charge in [-0.05, 0) is 147 Å². The lowest BCUT2D eigenvalue weighted by atomic mass is 9.33. The average Bonchev–Trinajstić information content (AvgIpc) is 3.40. The molecule has 1 unspecified atom stereocenters. The fourth-order valence-corrected chi connectivity index (χ4v) is 14.4. The summed E-state index contributed by atoms with van der Waals surface area (Å²) in [6.45, 7) is 25.3. The molecule has 1 aromatic heterocycles. The van der Waals surface area contributed by atoms with Gasteiger partial charge < -0.3 is 20.5 Å². The Bertz CT molecular complexity index is 1960. The molecule has 3 N–H and O–H groups in total. The molecule has 0 spiro atoms. The van der Waals surface area contributed by atoms with Crippen LogP contribution in [0.15, 0.2) is 29.5 Å². The summed E-state index contributed by atoms with van der Waals surface area (Å²) in [6.07, 6.45) is 9.24. The molecule has 318 valence electrons. The number of aromatic nitrogens is 1. The molecule has 58 heavy (non-hydrogen) atoms. The molecule has 10 nitrogen and oxygen atoms in total. The zero-order valence-electron chi connectivity index (χ0n) is 37.2. The van der Waals surface area contributed by atoms with Crippen molar-refractivity contribution in [3.63, 3.8) is 0 Å². The Morgan fingerprint density at radius 2 is 1.57 bits per heavy atom. The van der Waals surface area contributed by atoms with E-state index >= 15 is 0 Å². The maximum absolute atomic E-state index is 14.4. The molecule has 2 amide bonds. The van der Waals surface area contributed by atoms with Crippen molar-refractivity contribution in [2.45, 2.75) is 164 Å². The molecule has 10 atom stereocenters. The lowest BCUT2D eigenvalue weighted by Gasteiger charge is -2.72. The summed E-state index contributed by atoms with van der Waals surface area (Å²) in [6, 6.07) is 3.60. The number of aryl methyl sites for hydroxylation is 1. The van der Waals surface area contributed by atoms with Gasteiger partial charge in [0.2, 0.25) is 5.91 Å². The van der Waals surface area contributed by atoms with Crippen LogP contribution >= 0.6 is 0 Å². The first kappa shape index (κ1) is 42.6. The summed E-state index contributed by atoms with van der Waals surface area (Å²) in [5.74, 6) is -1.68. The summed E-state index contributed by atoms with van der Waals surface area (Å²) in [5, 5.41) is 16.1. The Morgan fingerprint density at radius 3 is 2.19 bits per heavy atom. The molecule has 10 heteroatoms.